The lowest BCUT2D eigenvalue weighted by Crippen LogP contribution is -3.00. The summed E-state index contributed by atoms with van der Waals surface area (Å²) in [5.41, 5.74) is 6.16. The van der Waals surface area contributed by atoms with E-state index in [1.54, 1.807) is 12.1 Å². The molecule has 3 aliphatic heterocycles. The summed E-state index contributed by atoms with van der Waals surface area (Å²) in [5.74, 6) is -1.17. The highest BCUT2D eigenvalue weighted by Crippen LogP contribution is 2.36. The van der Waals surface area contributed by atoms with Crippen molar-refractivity contribution in [3.8, 4) is 0 Å². The van der Waals surface area contributed by atoms with Gasteiger partial charge in [-0.2, -0.15) is 0 Å². The van der Waals surface area contributed by atoms with Crippen LogP contribution in [0.4, 0.5) is 13.6 Å². The van der Waals surface area contributed by atoms with E-state index in [4.69, 9.17) is 15.2 Å². The minimum atomic E-state index is -1.02. The molecule has 1 amide bonds. The molecule has 2 aromatic carbocycles. The second-order valence-electron chi connectivity index (χ2n) is 8.45. The zero-order valence-electron chi connectivity index (χ0n) is 17.4. The van der Waals surface area contributed by atoms with Crippen molar-refractivity contribution in [2.75, 3.05) is 26.2 Å². The fourth-order valence-corrected chi connectivity index (χ4v) is 4.82. The summed E-state index contributed by atoms with van der Waals surface area (Å²) < 4.78 is 39.3. The second kappa shape index (κ2) is 9.95. The van der Waals surface area contributed by atoms with Crippen LogP contribution in [0.3, 0.4) is 0 Å². The molecule has 2 bridgehead atoms. The van der Waals surface area contributed by atoms with Gasteiger partial charge in [0.25, 0.3) is 5.91 Å². The lowest BCUT2D eigenvalue weighted by atomic mass is 9.83. The lowest BCUT2D eigenvalue weighted by molar-refractivity contribution is -0.939. The van der Waals surface area contributed by atoms with Crippen LogP contribution in [0.2, 0.25) is 0 Å². The summed E-state index contributed by atoms with van der Waals surface area (Å²) in [6.45, 7) is 2.39. The van der Waals surface area contributed by atoms with Crippen molar-refractivity contribution in [1.82, 2.24) is 0 Å². The number of piperidine rings is 3. The maximum Gasteiger partial charge on any atom is 0.509 e. The Balaban J connectivity index is 0.00000289. The monoisotopic (exact) mass is 510 g/mol. The molecule has 0 spiro atoms. The van der Waals surface area contributed by atoms with Crippen LogP contribution in [-0.2, 0) is 14.3 Å². The first kappa shape index (κ1) is 24.1. The van der Waals surface area contributed by atoms with Crippen LogP contribution in [0.15, 0.2) is 48.5 Å². The molecule has 0 aliphatic carbocycles. The van der Waals surface area contributed by atoms with Gasteiger partial charge in [-0.1, -0.05) is 24.3 Å². The molecule has 3 heterocycles. The zero-order chi connectivity index (χ0) is 22.0. The Hall–Kier alpha value is -2.52. The molecule has 0 unspecified atom stereocenters. The van der Waals surface area contributed by atoms with Gasteiger partial charge in [0.15, 0.2) is 18.8 Å². The summed E-state index contributed by atoms with van der Waals surface area (Å²) in [6, 6.07) is 11.2. The molecule has 2 N–H and O–H groups in total. The van der Waals surface area contributed by atoms with E-state index in [0.717, 1.165) is 25.9 Å². The van der Waals surface area contributed by atoms with E-state index in [0.29, 0.717) is 22.2 Å². The molecule has 5 rings (SSSR count). The van der Waals surface area contributed by atoms with Gasteiger partial charge in [-0.05, 0) is 24.3 Å². The number of nitrogens with zero attached hydrogens (tertiary/aromatic N) is 1. The highest BCUT2D eigenvalue weighted by molar-refractivity contribution is 5.75. The number of carbonyl (C=O) groups is 2. The van der Waals surface area contributed by atoms with Crippen LogP contribution in [0.1, 0.15) is 30.1 Å². The van der Waals surface area contributed by atoms with Gasteiger partial charge < -0.3 is 36.7 Å². The molecule has 32 heavy (non-hydrogen) atoms. The number of quaternary nitrogens is 1. The van der Waals surface area contributed by atoms with Gasteiger partial charge in [-0.3, -0.25) is 4.79 Å². The largest absolute Gasteiger partial charge is 1.00 e. The van der Waals surface area contributed by atoms with E-state index >= 15 is 0 Å². The SMILES string of the molecule is NC(=O)C[N+]12CCC(CC1)[C@@H](OC(=O)OC(c1cccc(F)c1)c1cccc(F)c1)C2.[Br-]. The Morgan fingerprint density at radius 1 is 1.03 bits per heavy atom. The van der Waals surface area contributed by atoms with Crippen molar-refractivity contribution < 1.29 is 49.3 Å². The van der Waals surface area contributed by atoms with Crippen LogP contribution in [0, 0.1) is 17.6 Å². The number of fused-ring (bicyclic) bond motifs is 3. The molecule has 3 fully saturated rings. The Labute approximate surface area is 195 Å². The predicted molar refractivity (Wildman–Crippen MR) is 108 cm³/mol. The first-order chi connectivity index (χ1) is 14.8. The van der Waals surface area contributed by atoms with Crippen LogP contribution < -0.4 is 22.7 Å². The van der Waals surface area contributed by atoms with E-state index in [1.807, 2.05) is 0 Å². The van der Waals surface area contributed by atoms with Crippen molar-refractivity contribution in [3.63, 3.8) is 0 Å². The molecule has 1 atom stereocenters. The maximum absolute atomic E-state index is 13.8. The third-order valence-corrected chi connectivity index (χ3v) is 6.30. The van der Waals surface area contributed by atoms with Gasteiger partial charge in [0.05, 0.1) is 13.1 Å². The standard InChI is InChI=1S/C23H24F2N2O4.BrH/c24-18-5-1-3-16(11-18)22(17-4-2-6-19(25)12-17)31-23(29)30-20-13-27(14-21(26)28)9-7-15(20)8-10-27;/h1-6,11-12,15,20,22H,7-10,13-14H2,(H-,26,28);1H/t15?,20-,27?;/m0./s1. The minimum absolute atomic E-state index is 0. The summed E-state index contributed by atoms with van der Waals surface area (Å²) in [6.07, 6.45) is -0.650. The third kappa shape index (κ3) is 5.45. The van der Waals surface area contributed by atoms with Crippen molar-refractivity contribution in [2.45, 2.75) is 25.0 Å². The van der Waals surface area contributed by atoms with E-state index in [-0.39, 0.29) is 35.4 Å². The van der Waals surface area contributed by atoms with Crippen molar-refractivity contribution in [1.29, 1.82) is 0 Å². The average molecular weight is 511 g/mol. The summed E-state index contributed by atoms with van der Waals surface area (Å²) in [5, 5.41) is 0. The zero-order valence-corrected chi connectivity index (χ0v) is 19.0. The van der Waals surface area contributed by atoms with Crippen molar-refractivity contribution >= 4 is 12.1 Å². The van der Waals surface area contributed by atoms with E-state index in [2.05, 4.69) is 0 Å². The van der Waals surface area contributed by atoms with Crippen LogP contribution in [-0.4, -0.2) is 48.8 Å². The number of nitrogens with two attached hydrogens (primary N) is 1. The van der Waals surface area contributed by atoms with Crippen LogP contribution in [0.5, 0.6) is 0 Å². The van der Waals surface area contributed by atoms with Gasteiger partial charge >= 0.3 is 6.16 Å². The Bertz CT molecular complexity index is 936. The lowest BCUT2D eigenvalue weighted by Gasteiger charge is -2.51. The Morgan fingerprint density at radius 2 is 1.59 bits per heavy atom. The average Bonchev–Trinajstić information content (AvgIpc) is 2.72. The topological polar surface area (TPSA) is 78.6 Å². The number of primary amides is 1. The summed E-state index contributed by atoms with van der Waals surface area (Å²) in [7, 11) is 0. The maximum atomic E-state index is 13.8. The molecule has 2 aromatic rings. The number of ether oxygens (including phenoxy) is 2. The van der Waals surface area contributed by atoms with E-state index in [9.17, 15) is 18.4 Å². The van der Waals surface area contributed by atoms with Crippen LogP contribution >= 0.6 is 0 Å². The van der Waals surface area contributed by atoms with Crippen molar-refractivity contribution in [3.05, 3.63) is 71.3 Å². The van der Waals surface area contributed by atoms with Crippen molar-refractivity contribution in [2.24, 2.45) is 11.7 Å². The molecule has 0 aromatic heterocycles. The number of halogens is 3. The Kier molecular flexibility index (Phi) is 7.51. The van der Waals surface area contributed by atoms with Gasteiger partial charge in [0, 0.05) is 29.9 Å². The molecule has 0 radical (unpaired) electrons. The molecule has 9 heteroatoms. The van der Waals surface area contributed by atoms with Gasteiger partial charge in [0.1, 0.15) is 18.2 Å². The molecule has 3 saturated heterocycles. The fourth-order valence-electron chi connectivity index (χ4n) is 4.82. The Morgan fingerprint density at radius 3 is 2.09 bits per heavy atom. The molecule has 3 aliphatic rings. The number of amides is 1. The predicted octanol–water partition coefficient (Wildman–Crippen LogP) is 0.306. The highest BCUT2D eigenvalue weighted by atomic mass is 79.9. The number of carbonyl (C=O) groups excluding carboxylic acids is 2. The smallest absolute Gasteiger partial charge is 0.509 e. The molecule has 172 valence electrons. The fraction of sp³-hybridized carbons (Fsp3) is 0.391. The van der Waals surface area contributed by atoms with Gasteiger partial charge in [0.2, 0.25) is 0 Å². The summed E-state index contributed by atoms with van der Waals surface area (Å²) in [4.78, 5) is 24.2. The third-order valence-electron chi connectivity index (χ3n) is 6.30. The first-order valence-electron chi connectivity index (χ1n) is 10.4. The minimum Gasteiger partial charge on any atom is -1.00 e. The van der Waals surface area contributed by atoms with Gasteiger partial charge in [-0.15, -0.1) is 0 Å². The highest BCUT2D eigenvalue weighted by Gasteiger charge is 2.48. The number of benzene rings is 2. The van der Waals surface area contributed by atoms with Gasteiger partial charge in [-0.25, -0.2) is 13.6 Å². The number of hydrogen-bond acceptors (Lipinski definition) is 4. The first-order valence-corrected chi connectivity index (χ1v) is 10.4. The summed E-state index contributed by atoms with van der Waals surface area (Å²) >= 11 is 0. The second-order valence-corrected chi connectivity index (χ2v) is 8.45. The van der Waals surface area contributed by atoms with E-state index < -0.39 is 30.0 Å². The number of rotatable bonds is 6. The molecule has 6 nitrogen and oxygen atoms in total. The quantitative estimate of drug-likeness (QED) is 0.448. The van der Waals surface area contributed by atoms with Crippen LogP contribution in [0.25, 0.3) is 0 Å². The van der Waals surface area contributed by atoms with E-state index in [1.165, 1.54) is 36.4 Å². The molecular weight excluding hydrogens is 486 g/mol. The normalized spacial score (nSPS) is 24.0. The molecular formula is C23H25BrF2N2O4. The molecule has 0 saturated carbocycles. The number of hydrogen-bond donors (Lipinski definition) is 1.